The van der Waals surface area contributed by atoms with E-state index < -0.39 is 36.3 Å². The van der Waals surface area contributed by atoms with Crippen molar-refractivity contribution in [3.8, 4) is 23.0 Å². The van der Waals surface area contributed by atoms with E-state index in [1.165, 1.54) is 0 Å². The number of urea groups is 2. The van der Waals surface area contributed by atoms with E-state index in [-0.39, 0.29) is 36.1 Å². The first-order chi connectivity index (χ1) is 38.5. The number of aryl methyl sites for hydroxylation is 1. The fraction of sp³-hybridized carbons (Fsp3) is 0.311. The van der Waals surface area contributed by atoms with Crippen molar-refractivity contribution in [3.63, 3.8) is 0 Å². The van der Waals surface area contributed by atoms with Crippen LogP contribution in [0.25, 0.3) is 0 Å². The Kier molecular flexibility index (Phi) is 17.9. The van der Waals surface area contributed by atoms with Gasteiger partial charge in [0, 0.05) is 40.3 Å². The standard InChI is InChI=1S/C31H33ClN4O4.C30H30Cl2N4O4/c1-18(2)40-26-17-23(39-4)12-13-24(26)29-35-27(21-7-5-6-19(3)16-21)28(20-8-10-22(32)11-9-20)36(29)30(37)25-14-15-33-31(38)34-25;1-17(2)40-25-16-22(39-3)11-12-23(25)28-35-26(19-5-4-6-21(32)15-19)27(18-7-9-20(31)10-8-18)36(28)29(37)24-13-14-33-30(38)34-24/h5-13,16-18,25,27-28H,14-15H2,1-4H3,(H2,33,34,38);4-12,15-17,24,26-27H,13-14H2,1-3H3,(H2,33,34,38)/t25?,27-,28+;24?,26-,27+/m00/s1. The first kappa shape index (κ1) is 56.9. The SMILES string of the molecule is COc1ccc(C2=N[C@@H](c3cccc(C)c3)[C@@H](c3ccc(Cl)cc3)N2C(=O)C2CCNC(=O)N2)c(OC(C)C)c1.COc1ccc(C2=N[C@@H](c3cccc(Cl)c3)[C@@H](c3ccc(Cl)cc3)N2C(=O)C2CCNC(=O)N2)c(OC(C)C)c1. The van der Waals surface area contributed by atoms with Gasteiger partial charge in [-0.05, 0) is 130 Å². The highest BCUT2D eigenvalue weighted by molar-refractivity contribution is 6.31. The first-order valence-electron chi connectivity index (χ1n) is 26.4. The third-order valence-corrected chi connectivity index (χ3v) is 14.6. The highest BCUT2D eigenvalue weighted by Gasteiger charge is 2.47. The van der Waals surface area contributed by atoms with Gasteiger partial charge in [-0.3, -0.25) is 29.4 Å². The Bertz CT molecular complexity index is 3100. The van der Waals surface area contributed by atoms with E-state index in [1.54, 1.807) is 48.3 Å². The molecule has 6 atom stereocenters. The lowest BCUT2D eigenvalue weighted by Crippen LogP contribution is -2.57. The zero-order valence-electron chi connectivity index (χ0n) is 45.3. The number of aliphatic imine (C=N–C) groups is 2. The Morgan fingerprint density at radius 3 is 1.35 bits per heavy atom. The molecule has 6 amide bonds. The number of nitrogens with one attached hydrogen (secondary N) is 4. The predicted octanol–water partition coefficient (Wildman–Crippen LogP) is 11.5. The molecule has 0 aliphatic carbocycles. The van der Waals surface area contributed by atoms with Crippen LogP contribution in [0.3, 0.4) is 0 Å². The van der Waals surface area contributed by atoms with E-state index in [0.717, 1.165) is 27.8 Å². The molecule has 0 radical (unpaired) electrons. The van der Waals surface area contributed by atoms with Gasteiger partial charge < -0.3 is 40.2 Å². The number of carbonyl (C=O) groups excluding carboxylic acids is 4. The number of nitrogens with zero attached hydrogens (tertiary/aromatic N) is 4. The lowest BCUT2D eigenvalue weighted by molar-refractivity contribution is -0.132. The maximum absolute atomic E-state index is 14.4. The molecule has 4 aliphatic heterocycles. The van der Waals surface area contributed by atoms with E-state index in [1.807, 2.05) is 138 Å². The van der Waals surface area contributed by atoms with Crippen LogP contribution in [-0.4, -0.2) is 96.9 Å². The third kappa shape index (κ3) is 12.8. The molecule has 4 N–H and O–H groups in total. The van der Waals surface area contributed by atoms with Gasteiger partial charge in [-0.1, -0.05) is 101 Å². The van der Waals surface area contributed by atoms with Gasteiger partial charge in [0.2, 0.25) is 0 Å². The number of amidine groups is 2. The van der Waals surface area contributed by atoms with Gasteiger partial charge >= 0.3 is 12.1 Å². The maximum Gasteiger partial charge on any atom is 0.315 e. The summed E-state index contributed by atoms with van der Waals surface area (Å²) in [5.41, 5.74) is 5.91. The molecular weight excluding hydrogens is 1080 g/mol. The summed E-state index contributed by atoms with van der Waals surface area (Å²) in [4.78, 5) is 67.0. The van der Waals surface area contributed by atoms with E-state index in [0.29, 0.717) is 86.8 Å². The molecule has 0 bridgehead atoms. The summed E-state index contributed by atoms with van der Waals surface area (Å²) < 4.78 is 23.3. The number of ether oxygens (including phenoxy) is 4. The Balaban J connectivity index is 0.000000194. The van der Waals surface area contributed by atoms with Crippen LogP contribution in [0.4, 0.5) is 9.59 Å². The van der Waals surface area contributed by atoms with Gasteiger partial charge in [-0.15, -0.1) is 0 Å². The number of hydrogen-bond donors (Lipinski definition) is 4. The number of carbonyl (C=O) groups is 4. The van der Waals surface area contributed by atoms with Crippen molar-refractivity contribution >= 4 is 70.4 Å². The number of amides is 6. The zero-order valence-corrected chi connectivity index (χ0v) is 47.6. The molecule has 4 heterocycles. The summed E-state index contributed by atoms with van der Waals surface area (Å²) in [7, 11) is 3.18. The van der Waals surface area contributed by atoms with Crippen molar-refractivity contribution in [2.75, 3.05) is 27.3 Å². The second-order valence-corrected chi connectivity index (χ2v) is 21.5. The summed E-state index contributed by atoms with van der Waals surface area (Å²) in [6.45, 7) is 10.6. The summed E-state index contributed by atoms with van der Waals surface area (Å²) in [5.74, 6) is 2.72. The van der Waals surface area contributed by atoms with Crippen molar-refractivity contribution in [2.24, 2.45) is 9.98 Å². The van der Waals surface area contributed by atoms with Crippen molar-refractivity contribution in [1.29, 1.82) is 0 Å². The van der Waals surface area contributed by atoms with Crippen molar-refractivity contribution in [1.82, 2.24) is 31.1 Å². The van der Waals surface area contributed by atoms with Gasteiger partial charge in [-0.25, -0.2) is 9.59 Å². The quantitative estimate of drug-likeness (QED) is 0.0830. The van der Waals surface area contributed by atoms with Gasteiger partial charge in [0.25, 0.3) is 11.8 Å². The maximum atomic E-state index is 14.4. The van der Waals surface area contributed by atoms with Crippen LogP contribution in [0, 0.1) is 6.92 Å². The fourth-order valence-electron chi connectivity index (χ4n) is 10.3. The number of rotatable bonds is 14. The van der Waals surface area contributed by atoms with Crippen LogP contribution in [0.15, 0.2) is 143 Å². The average Bonchev–Trinajstić information content (AvgIpc) is 4.16. The molecule has 416 valence electrons. The third-order valence-electron chi connectivity index (χ3n) is 13.8. The molecule has 6 aromatic carbocycles. The van der Waals surface area contributed by atoms with E-state index in [4.69, 9.17) is 63.7 Å². The molecule has 2 unspecified atom stereocenters. The molecule has 2 fully saturated rings. The molecular formula is C61H63Cl3N8O8. The lowest BCUT2D eigenvalue weighted by atomic mass is 9.92. The van der Waals surface area contributed by atoms with Crippen LogP contribution in [0.2, 0.25) is 15.1 Å². The average molecular weight is 1140 g/mol. The summed E-state index contributed by atoms with van der Waals surface area (Å²) in [5, 5.41) is 12.8. The zero-order chi connectivity index (χ0) is 56.8. The number of halogens is 3. The minimum atomic E-state index is -0.737. The topological polar surface area (TPSA) is 185 Å². The molecule has 0 saturated carbocycles. The summed E-state index contributed by atoms with van der Waals surface area (Å²) >= 11 is 18.9. The van der Waals surface area contributed by atoms with Crippen LogP contribution in [0.1, 0.15) is 104 Å². The Morgan fingerprint density at radius 1 is 0.537 bits per heavy atom. The minimum absolute atomic E-state index is 0.125. The monoisotopic (exact) mass is 1140 g/mol. The van der Waals surface area contributed by atoms with E-state index in [9.17, 15) is 19.2 Å². The number of hydrogen-bond acceptors (Lipinski definition) is 10. The molecule has 0 aromatic heterocycles. The smallest absolute Gasteiger partial charge is 0.315 e. The second kappa shape index (κ2) is 25.1. The Morgan fingerprint density at radius 2 is 0.963 bits per heavy atom. The highest BCUT2D eigenvalue weighted by atomic mass is 35.5. The van der Waals surface area contributed by atoms with Gasteiger partial charge in [0.1, 0.15) is 58.8 Å². The van der Waals surface area contributed by atoms with Crippen LogP contribution < -0.4 is 40.2 Å². The van der Waals surface area contributed by atoms with Crippen molar-refractivity contribution in [2.45, 2.75) is 95.9 Å². The predicted molar refractivity (Wildman–Crippen MR) is 311 cm³/mol. The van der Waals surface area contributed by atoms with Gasteiger partial charge in [-0.2, -0.15) is 0 Å². The first-order valence-corrected chi connectivity index (χ1v) is 27.6. The molecule has 6 aromatic rings. The Labute approximate surface area is 480 Å². The number of benzene rings is 6. The second-order valence-electron chi connectivity index (χ2n) is 20.2. The molecule has 2 saturated heterocycles. The van der Waals surface area contributed by atoms with E-state index >= 15 is 0 Å². The van der Waals surface area contributed by atoms with Crippen LogP contribution in [-0.2, 0) is 9.59 Å². The molecule has 0 spiro atoms. The summed E-state index contributed by atoms with van der Waals surface area (Å²) in [6.07, 6.45) is 0.618. The highest BCUT2D eigenvalue weighted by Crippen LogP contribution is 2.48. The molecule has 80 heavy (non-hydrogen) atoms. The fourth-order valence-corrected chi connectivity index (χ4v) is 10.7. The molecule has 16 nitrogen and oxygen atoms in total. The largest absolute Gasteiger partial charge is 0.497 e. The molecule has 4 aliphatic rings. The van der Waals surface area contributed by atoms with Gasteiger partial charge in [0.05, 0.1) is 49.6 Å². The van der Waals surface area contributed by atoms with Crippen LogP contribution in [0.5, 0.6) is 23.0 Å². The molecule has 19 heteroatoms. The molecule has 10 rings (SSSR count). The van der Waals surface area contributed by atoms with Crippen molar-refractivity contribution in [3.05, 3.63) is 187 Å². The minimum Gasteiger partial charge on any atom is -0.497 e. The van der Waals surface area contributed by atoms with Gasteiger partial charge in [0.15, 0.2) is 0 Å². The van der Waals surface area contributed by atoms with E-state index in [2.05, 4.69) is 27.3 Å². The number of methoxy groups -OCH3 is 2. The normalized spacial score (nSPS) is 20.6. The van der Waals surface area contributed by atoms with Crippen LogP contribution >= 0.6 is 34.8 Å². The lowest BCUT2D eigenvalue weighted by Gasteiger charge is -2.34. The summed E-state index contributed by atoms with van der Waals surface area (Å²) in [6, 6.07) is 37.3. The van der Waals surface area contributed by atoms with Crippen molar-refractivity contribution < 1.29 is 38.1 Å². The Hall–Kier alpha value is -7.79.